The second-order valence-corrected chi connectivity index (χ2v) is 6.48. The number of nitrogens with zero attached hydrogens (tertiary/aromatic N) is 1. The Balaban J connectivity index is 1.66. The molecular formula is C19H28N2O. The number of aromatic amines is 1. The number of benzene rings is 1. The highest BCUT2D eigenvalue weighted by atomic mass is 16.2. The molecule has 1 aliphatic heterocycles. The third-order valence-corrected chi connectivity index (χ3v) is 5.12. The van der Waals surface area contributed by atoms with Crippen molar-refractivity contribution < 1.29 is 5.11 Å². The van der Waals surface area contributed by atoms with E-state index >= 15 is 0 Å². The summed E-state index contributed by atoms with van der Waals surface area (Å²) in [6.45, 7) is 6.07. The van der Waals surface area contributed by atoms with Crippen molar-refractivity contribution in [3.8, 4) is 0 Å². The lowest BCUT2D eigenvalue weighted by molar-refractivity contribution is 0.200. The van der Waals surface area contributed by atoms with Crippen LogP contribution in [-0.4, -0.2) is 41.2 Å². The topological polar surface area (TPSA) is 39.3 Å². The summed E-state index contributed by atoms with van der Waals surface area (Å²) in [5.74, 6) is 0.690. The van der Waals surface area contributed by atoms with E-state index in [1.165, 1.54) is 48.0 Å². The number of nitrogens with one attached hydrogen (secondary N) is 1. The van der Waals surface area contributed by atoms with Crippen LogP contribution in [-0.2, 0) is 6.42 Å². The lowest BCUT2D eigenvalue weighted by Crippen LogP contribution is -2.33. The highest BCUT2D eigenvalue weighted by Gasteiger charge is 2.22. The molecule has 0 aliphatic carbocycles. The van der Waals surface area contributed by atoms with E-state index in [0.717, 1.165) is 25.8 Å². The summed E-state index contributed by atoms with van der Waals surface area (Å²) in [5.41, 5.74) is 4.27. The molecular weight excluding hydrogens is 272 g/mol. The molecule has 1 fully saturated rings. The first-order chi connectivity index (χ1) is 10.8. The number of rotatable bonds is 6. The third-order valence-electron chi connectivity index (χ3n) is 5.12. The molecule has 1 aliphatic rings. The maximum absolute atomic E-state index is 8.88. The van der Waals surface area contributed by atoms with E-state index in [9.17, 15) is 0 Å². The molecule has 120 valence electrons. The molecule has 0 radical (unpaired) electrons. The van der Waals surface area contributed by atoms with Gasteiger partial charge in [0.05, 0.1) is 0 Å². The average molecular weight is 300 g/mol. The van der Waals surface area contributed by atoms with Crippen LogP contribution in [0.2, 0.25) is 0 Å². The van der Waals surface area contributed by atoms with E-state index in [2.05, 4.69) is 41.2 Å². The van der Waals surface area contributed by atoms with Gasteiger partial charge >= 0.3 is 0 Å². The SMILES string of the molecule is CCc1cccc2c(C3CCN(CCCCO)CC3)c[nH]c12. The van der Waals surface area contributed by atoms with Crippen molar-refractivity contribution in [3.05, 3.63) is 35.5 Å². The minimum absolute atomic E-state index is 0.325. The number of likely N-dealkylation sites (tertiary alicyclic amines) is 1. The number of aryl methyl sites for hydroxylation is 1. The summed E-state index contributed by atoms with van der Waals surface area (Å²) in [4.78, 5) is 6.07. The van der Waals surface area contributed by atoms with Gasteiger partial charge in [0.15, 0.2) is 0 Å². The van der Waals surface area contributed by atoms with Crippen molar-refractivity contribution in [2.24, 2.45) is 0 Å². The van der Waals surface area contributed by atoms with E-state index in [1.807, 2.05) is 0 Å². The molecule has 3 heteroatoms. The number of H-pyrrole nitrogens is 1. The summed E-state index contributed by atoms with van der Waals surface area (Å²) in [7, 11) is 0. The molecule has 22 heavy (non-hydrogen) atoms. The number of fused-ring (bicyclic) bond motifs is 1. The maximum Gasteiger partial charge on any atom is 0.0489 e. The minimum Gasteiger partial charge on any atom is -0.396 e. The lowest BCUT2D eigenvalue weighted by atomic mass is 9.88. The van der Waals surface area contributed by atoms with Crippen LogP contribution in [0.5, 0.6) is 0 Å². The highest BCUT2D eigenvalue weighted by Crippen LogP contribution is 2.34. The van der Waals surface area contributed by atoms with Crippen LogP contribution >= 0.6 is 0 Å². The molecule has 1 saturated heterocycles. The highest BCUT2D eigenvalue weighted by molar-refractivity contribution is 5.86. The van der Waals surface area contributed by atoms with Gasteiger partial charge in [-0.15, -0.1) is 0 Å². The molecule has 0 unspecified atom stereocenters. The first-order valence-electron chi connectivity index (χ1n) is 8.75. The average Bonchev–Trinajstić information content (AvgIpc) is 3.00. The largest absolute Gasteiger partial charge is 0.396 e. The second kappa shape index (κ2) is 7.30. The molecule has 0 saturated carbocycles. The normalized spacial score (nSPS) is 17.4. The molecule has 3 rings (SSSR count). The molecule has 0 spiro atoms. The number of unbranched alkanes of at least 4 members (excludes halogenated alkanes) is 1. The van der Waals surface area contributed by atoms with E-state index in [1.54, 1.807) is 0 Å². The van der Waals surface area contributed by atoms with Gasteiger partial charge in [-0.1, -0.05) is 25.1 Å². The van der Waals surface area contributed by atoms with Gasteiger partial charge in [-0.2, -0.15) is 0 Å². The maximum atomic E-state index is 8.88. The smallest absolute Gasteiger partial charge is 0.0489 e. The quantitative estimate of drug-likeness (QED) is 0.799. The predicted octanol–water partition coefficient (Wildman–Crippen LogP) is 3.68. The van der Waals surface area contributed by atoms with E-state index in [-0.39, 0.29) is 0 Å². The molecule has 0 bridgehead atoms. The van der Waals surface area contributed by atoms with Gasteiger partial charge in [-0.05, 0) is 68.8 Å². The van der Waals surface area contributed by atoms with Crippen LogP contribution in [0.3, 0.4) is 0 Å². The zero-order valence-corrected chi connectivity index (χ0v) is 13.6. The van der Waals surface area contributed by atoms with Crippen molar-refractivity contribution in [2.45, 2.75) is 44.9 Å². The van der Waals surface area contributed by atoms with Crippen molar-refractivity contribution in [3.63, 3.8) is 0 Å². The summed E-state index contributed by atoms with van der Waals surface area (Å²) >= 11 is 0. The Morgan fingerprint density at radius 1 is 1.23 bits per heavy atom. The summed E-state index contributed by atoms with van der Waals surface area (Å²) in [6.07, 6.45) is 7.89. The number of aromatic nitrogens is 1. The Labute approximate surface area is 133 Å². The zero-order valence-electron chi connectivity index (χ0n) is 13.6. The number of aliphatic hydroxyl groups excluding tert-OH is 1. The van der Waals surface area contributed by atoms with Crippen molar-refractivity contribution >= 4 is 10.9 Å². The van der Waals surface area contributed by atoms with Gasteiger partial charge in [0.2, 0.25) is 0 Å². The monoisotopic (exact) mass is 300 g/mol. The summed E-state index contributed by atoms with van der Waals surface area (Å²) in [6, 6.07) is 6.70. The van der Waals surface area contributed by atoms with Gasteiger partial charge in [0.1, 0.15) is 0 Å². The predicted molar refractivity (Wildman–Crippen MR) is 92.4 cm³/mol. The molecule has 1 aromatic heterocycles. The number of piperidine rings is 1. The lowest BCUT2D eigenvalue weighted by Gasteiger charge is -2.31. The van der Waals surface area contributed by atoms with Crippen LogP contribution < -0.4 is 0 Å². The van der Waals surface area contributed by atoms with E-state index in [0.29, 0.717) is 12.5 Å². The number of aliphatic hydroxyl groups is 1. The van der Waals surface area contributed by atoms with Crippen LogP contribution in [0.15, 0.2) is 24.4 Å². The number of para-hydroxylation sites is 1. The van der Waals surface area contributed by atoms with Gasteiger partial charge in [-0.25, -0.2) is 0 Å². The van der Waals surface area contributed by atoms with Crippen LogP contribution in [0.25, 0.3) is 10.9 Å². The summed E-state index contributed by atoms with van der Waals surface area (Å²) < 4.78 is 0. The molecule has 0 atom stereocenters. The Kier molecular flexibility index (Phi) is 5.16. The molecule has 2 aromatic rings. The van der Waals surface area contributed by atoms with Crippen LogP contribution in [0, 0.1) is 0 Å². The molecule has 0 amide bonds. The Bertz CT molecular complexity index is 597. The first-order valence-corrected chi connectivity index (χ1v) is 8.75. The molecule has 2 N–H and O–H groups in total. The Hall–Kier alpha value is -1.32. The fourth-order valence-electron chi connectivity index (χ4n) is 3.79. The second-order valence-electron chi connectivity index (χ2n) is 6.48. The third kappa shape index (κ3) is 3.21. The fourth-order valence-corrected chi connectivity index (χ4v) is 3.79. The van der Waals surface area contributed by atoms with Gasteiger partial charge in [-0.3, -0.25) is 0 Å². The van der Waals surface area contributed by atoms with Crippen molar-refractivity contribution in [1.29, 1.82) is 0 Å². The van der Waals surface area contributed by atoms with Gasteiger partial charge < -0.3 is 15.0 Å². The van der Waals surface area contributed by atoms with Gasteiger partial charge in [0.25, 0.3) is 0 Å². The summed E-state index contributed by atoms with van der Waals surface area (Å²) in [5, 5.41) is 10.3. The Morgan fingerprint density at radius 2 is 2.05 bits per heavy atom. The molecule has 2 heterocycles. The van der Waals surface area contributed by atoms with Gasteiger partial charge in [0, 0.05) is 23.7 Å². The van der Waals surface area contributed by atoms with Crippen LogP contribution in [0.1, 0.15) is 49.7 Å². The standard InChI is InChI=1S/C19H28N2O/c1-2-15-6-5-7-17-18(14-20-19(15)17)16-8-11-21(12-9-16)10-3-4-13-22/h5-7,14,16,20,22H,2-4,8-13H2,1H3. The number of hydrogen-bond donors (Lipinski definition) is 2. The van der Waals surface area contributed by atoms with Crippen molar-refractivity contribution in [1.82, 2.24) is 9.88 Å². The molecule has 1 aromatic carbocycles. The molecule has 3 nitrogen and oxygen atoms in total. The van der Waals surface area contributed by atoms with E-state index in [4.69, 9.17) is 5.11 Å². The number of hydrogen-bond acceptors (Lipinski definition) is 2. The van der Waals surface area contributed by atoms with Crippen LogP contribution in [0.4, 0.5) is 0 Å². The van der Waals surface area contributed by atoms with Crippen molar-refractivity contribution in [2.75, 3.05) is 26.2 Å². The minimum atomic E-state index is 0.325. The van der Waals surface area contributed by atoms with E-state index < -0.39 is 0 Å². The zero-order chi connectivity index (χ0) is 15.4. The first kappa shape index (κ1) is 15.6. The fraction of sp³-hybridized carbons (Fsp3) is 0.579. The Morgan fingerprint density at radius 3 is 2.77 bits per heavy atom.